The summed E-state index contributed by atoms with van der Waals surface area (Å²) in [6.07, 6.45) is 0.494. The van der Waals surface area contributed by atoms with E-state index in [9.17, 15) is 0 Å². The van der Waals surface area contributed by atoms with E-state index in [0.717, 1.165) is 17.1 Å². The van der Waals surface area contributed by atoms with E-state index in [1.807, 2.05) is 18.2 Å². The van der Waals surface area contributed by atoms with Crippen LogP contribution in [0.2, 0.25) is 0 Å². The molecule has 1 aliphatic rings. The molecule has 0 unspecified atom stereocenters. The van der Waals surface area contributed by atoms with Gasteiger partial charge in [-0.25, -0.2) is 0 Å². The number of hydrogen-bond acceptors (Lipinski definition) is 3. The molecule has 3 nitrogen and oxygen atoms in total. The van der Waals surface area contributed by atoms with Gasteiger partial charge in [-0.05, 0) is 18.2 Å². The lowest BCUT2D eigenvalue weighted by molar-refractivity contribution is 0.171. The summed E-state index contributed by atoms with van der Waals surface area (Å²) in [5.41, 5.74) is 0.882. The Morgan fingerprint density at radius 3 is 2.80 bits per heavy atom. The first-order chi connectivity index (χ1) is 7.40. The van der Waals surface area contributed by atoms with E-state index in [-0.39, 0.29) is 6.61 Å². The molecule has 0 fully saturated rings. The first-order valence-electron chi connectivity index (χ1n) is 4.89. The zero-order valence-electron chi connectivity index (χ0n) is 8.32. The summed E-state index contributed by atoms with van der Waals surface area (Å²) in [6, 6.07) is 5.61. The van der Waals surface area contributed by atoms with E-state index in [4.69, 9.17) is 14.6 Å². The molecule has 0 spiro atoms. The largest absolute Gasteiger partial charge is 0.486 e. The molecule has 15 heavy (non-hydrogen) atoms. The minimum atomic E-state index is 0.0948. The molecule has 0 radical (unpaired) electrons. The van der Waals surface area contributed by atoms with Crippen LogP contribution in [-0.2, 0) is 0 Å². The van der Waals surface area contributed by atoms with Crippen molar-refractivity contribution in [1.82, 2.24) is 0 Å². The summed E-state index contributed by atoms with van der Waals surface area (Å²) in [7, 11) is 0. The predicted molar refractivity (Wildman–Crippen MR) is 56.0 cm³/mol. The summed E-state index contributed by atoms with van der Waals surface area (Å²) >= 11 is 0. The summed E-state index contributed by atoms with van der Waals surface area (Å²) in [5, 5.41) is 8.59. The standard InChI is InChI=1S/C12H12O3/c13-6-2-1-3-10-4-5-11-12(9-10)15-8-7-14-11/h4-5,9,13H,2,6-8H2. The molecule has 1 N–H and O–H groups in total. The molecule has 0 atom stereocenters. The number of aliphatic hydroxyl groups is 1. The van der Waals surface area contributed by atoms with E-state index < -0.39 is 0 Å². The Kier molecular flexibility index (Phi) is 3.11. The van der Waals surface area contributed by atoms with Crippen molar-refractivity contribution in [1.29, 1.82) is 0 Å². The van der Waals surface area contributed by atoms with Gasteiger partial charge in [0.15, 0.2) is 11.5 Å². The van der Waals surface area contributed by atoms with Crippen molar-refractivity contribution >= 4 is 0 Å². The third-order valence-corrected chi connectivity index (χ3v) is 2.01. The normalized spacial score (nSPS) is 12.9. The van der Waals surface area contributed by atoms with Gasteiger partial charge in [0, 0.05) is 12.0 Å². The molecule has 0 bridgehead atoms. The third-order valence-electron chi connectivity index (χ3n) is 2.01. The highest BCUT2D eigenvalue weighted by atomic mass is 16.6. The average Bonchev–Trinajstić information content (AvgIpc) is 2.29. The van der Waals surface area contributed by atoms with Crippen LogP contribution in [0.25, 0.3) is 0 Å². The van der Waals surface area contributed by atoms with Crippen LogP contribution in [0.1, 0.15) is 12.0 Å². The van der Waals surface area contributed by atoms with Crippen LogP contribution >= 0.6 is 0 Å². The van der Waals surface area contributed by atoms with E-state index >= 15 is 0 Å². The van der Waals surface area contributed by atoms with Crippen LogP contribution in [0.3, 0.4) is 0 Å². The predicted octanol–water partition coefficient (Wildman–Crippen LogP) is 1.19. The SMILES string of the molecule is OCCC#Cc1ccc2c(c1)OCCO2. The topological polar surface area (TPSA) is 38.7 Å². The minimum Gasteiger partial charge on any atom is -0.486 e. The first-order valence-corrected chi connectivity index (χ1v) is 4.89. The Morgan fingerprint density at radius 2 is 2.00 bits per heavy atom. The maximum absolute atomic E-state index is 8.59. The van der Waals surface area contributed by atoms with Gasteiger partial charge in [-0.1, -0.05) is 11.8 Å². The fourth-order valence-electron chi connectivity index (χ4n) is 1.34. The quantitative estimate of drug-likeness (QED) is 0.698. The molecule has 1 aliphatic heterocycles. The molecule has 2 rings (SSSR count). The average molecular weight is 204 g/mol. The third kappa shape index (κ3) is 2.42. The van der Waals surface area contributed by atoms with Crippen LogP contribution in [0.15, 0.2) is 18.2 Å². The molecule has 0 aliphatic carbocycles. The van der Waals surface area contributed by atoms with E-state index in [1.54, 1.807) is 0 Å². The van der Waals surface area contributed by atoms with Gasteiger partial charge in [-0.3, -0.25) is 0 Å². The summed E-state index contributed by atoms with van der Waals surface area (Å²) in [4.78, 5) is 0. The summed E-state index contributed by atoms with van der Waals surface area (Å²) in [5.74, 6) is 7.33. The van der Waals surface area contributed by atoms with E-state index in [1.165, 1.54) is 0 Å². The van der Waals surface area contributed by atoms with Gasteiger partial charge in [0.25, 0.3) is 0 Å². The fourth-order valence-corrected chi connectivity index (χ4v) is 1.34. The Morgan fingerprint density at radius 1 is 1.20 bits per heavy atom. The van der Waals surface area contributed by atoms with Gasteiger partial charge in [0.05, 0.1) is 6.61 Å². The Bertz CT molecular complexity index is 401. The maximum Gasteiger partial charge on any atom is 0.162 e. The lowest BCUT2D eigenvalue weighted by Gasteiger charge is -2.17. The van der Waals surface area contributed by atoms with Crippen molar-refractivity contribution in [2.24, 2.45) is 0 Å². The van der Waals surface area contributed by atoms with Crippen molar-refractivity contribution in [3.05, 3.63) is 23.8 Å². The van der Waals surface area contributed by atoms with Crippen molar-refractivity contribution in [2.45, 2.75) is 6.42 Å². The van der Waals surface area contributed by atoms with Crippen molar-refractivity contribution < 1.29 is 14.6 Å². The second-order valence-electron chi connectivity index (χ2n) is 3.13. The van der Waals surface area contributed by atoms with Gasteiger partial charge in [-0.2, -0.15) is 0 Å². The molecule has 0 saturated carbocycles. The lowest BCUT2D eigenvalue weighted by Crippen LogP contribution is -2.15. The van der Waals surface area contributed by atoms with Gasteiger partial charge in [0.1, 0.15) is 13.2 Å². The zero-order chi connectivity index (χ0) is 10.5. The molecule has 78 valence electrons. The van der Waals surface area contributed by atoms with Crippen LogP contribution in [-0.4, -0.2) is 24.9 Å². The molecule has 1 heterocycles. The maximum atomic E-state index is 8.59. The molecule has 1 aromatic carbocycles. The molecule has 0 saturated heterocycles. The number of fused-ring (bicyclic) bond motifs is 1. The molecule has 0 amide bonds. The Hall–Kier alpha value is -1.66. The van der Waals surface area contributed by atoms with Gasteiger partial charge >= 0.3 is 0 Å². The summed E-state index contributed by atoms with van der Waals surface area (Å²) in [6.45, 7) is 1.28. The highest BCUT2D eigenvalue weighted by Gasteiger charge is 2.10. The van der Waals surface area contributed by atoms with Gasteiger partial charge < -0.3 is 14.6 Å². The van der Waals surface area contributed by atoms with Crippen LogP contribution in [0.5, 0.6) is 11.5 Å². The van der Waals surface area contributed by atoms with E-state index in [2.05, 4.69) is 11.8 Å². The monoisotopic (exact) mass is 204 g/mol. The molecular weight excluding hydrogens is 192 g/mol. The Labute approximate surface area is 88.6 Å². The second kappa shape index (κ2) is 4.72. The summed E-state index contributed by atoms with van der Waals surface area (Å²) < 4.78 is 10.8. The fraction of sp³-hybridized carbons (Fsp3) is 0.333. The van der Waals surface area contributed by atoms with Gasteiger partial charge in [-0.15, -0.1) is 0 Å². The number of ether oxygens (including phenoxy) is 2. The van der Waals surface area contributed by atoms with Crippen molar-refractivity contribution in [3.63, 3.8) is 0 Å². The second-order valence-corrected chi connectivity index (χ2v) is 3.13. The first kappa shape index (κ1) is 9.88. The zero-order valence-corrected chi connectivity index (χ0v) is 8.32. The number of rotatable bonds is 1. The molecule has 1 aromatic rings. The number of hydrogen-bond donors (Lipinski definition) is 1. The highest BCUT2D eigenvalue weighted by Crippen LogP contribution is 2.30. The van der Waals surface area contributed by atoms with E-state index in [0.29, 0.717) is 19.6 Å². The Balaban J connectivity index is 2.18. The molecular formula is C12H12O3. The van der Waals surface area contributed by atoms with Crippen molar-refractivity contribution in [3.8, 4) is 23.3 Å². The minimum absolute atomic E-state index is 0.0948. The molecule has 0 aromatic heterocycles. The van der Waals surface area contributed by atoms with Crippen molar-refractivity contribution in [2.75, 3.05) is 19.8 Å². The van der Waals surface area contributed by atoms with Crippen LogP contribution < -0.4 is 9.47 Å². The van der Waals surface area contributed by atoms with Gasteiger partial charge in [0.2, 0.25) is 0 Å². The smallest absolute Gasteiger partial charge is 0.162 e. The van der Waals surface area contributed by atoms with Crippen LogP contribution in [0, 0.1) is 11.8 Å². The van der Waals surface area contributed by atoms with Crippen LogP contribution in [0.4, 0.5) is 0 Å². The number of aliphatic hydroxyl groups excluding tert-OH is 1. The lowest BCUT2D eigenvalue weighted by atomic mass is 10.2. The number of benzene rings is 1. The highest BCUT2D eigenvalue weighted by molar-refractivity contribution is 5.48. The molecule has 3 heteroatoms.